The summed E-state index contributed by atoms with van der Waals surface area (Å²) in [6.45, 7) is 3.84. The average Bonchev–Trinajstić information content (AvgIpc) is 3.95. The lowest BCUT2D eigenvalue weighted by Crippen LogP contribution is -2.39. The molecule has 3 aromatic heterocycles. The lowest BCUT2D eigenvalue weighted by atomic mass is 9.94. The standard InChI is InChI=1S/C42H41ClF2N8O7S4/c43-42(44,45)63(56,57)36-23-31(12-13-34(36)46-29(15-17-51-19-21-60-22-20-51)26-61-30-8-2-1-3-9-30)64(58,59)50-40(55)35-27-62-41(47-35)53-18-14-28-7-6-10-32(33(28)24-53)39(54)49-37-25-52-16-5-4-11-38(52)48-37/h1-13,16,23,25,27,29,46H,14-15,17-22,24,26H2,(H,49,54)(H,50,55)/t29-/m1/s1. The Morgan fingerprint density at radius 3 is 2.48 bits per heavy atom. The number of morpholine rings is 1. The number of sulfone groups is 1. The van der Waals surface area contributed by atoms with Gasteiger partial charge in [0.25, 0.3) is 31.7 Å². The zero-order valence-corrected chi connectivity index (χ0v) is 37.8. The van der Waals surface area contributed by atoms with E-state index in [-0.39, 0.29) is 23.8 Å². The molecule has 0 spiro atoms. The molecule has 6 aromatic rings. The number of sulfonamides is 1. The highest BCUT2D eigenvalue weighted by atomic mass is 35.5. The molecule has 3 N–H and O–H groups in total. The molecule has 22 heteroatoms. The van der Waals surface area contributed by atoms with Crippen LogP contribution in [0.1, 0.15) is 38.4 Å². The molecule has 5 heterocycles. The third-order valence-corrected chi connectivity index (χ3v) is 16.2. The topological polar surface area (TPSA) is 184 Å². The molecule has 2 amide bonds. The van der Waals surface area contributed by atoms with E-state index >= 15 is 0 Å². The summed E-state index contributed by atoms with van der Waals surface area (Å²) in [6.07, 6.45) is 4.56. The lowest BCUT2D eigenvalue weighted by Gasteiger charge is -2.29. The maximum atomic E-state index is 14.6. The van der Waals surface area contributed by atoms with Gasteiger partial charge in [-0.15, -0.1) is 23.1 Å². The Morgan fingerprint density at radius 1 is 0.938 bits per heavy atom. The number of carbonyl (C=O) groups is 2. The van der Waals surface area contributed by atoms with Crippen molar-refractivity contribution in [2.24, 2.45) is 0 Å². The van der Waals surface area contributed by atoms with Gasteiger partial charge in [-0.3, -0.25) is 14.5 Å². The van der Waals surface area contributed by atoms with Gasteiger partial charge in [0.05, 0.1) is 34.9 Å². The first kappa shape index (κ1) is 45.4. The summed E-state index contributed by atoms with van der Waals surface area (Å²) in [5.41, 5.74) is 2.28. The Bertz CT molecular complexity index is 2860. The molecule has 1 saturated heterocycles. The van der Waals surface area contributed by atoms with Gasteiger partial charge in [-0.05, 0) is 84.1 Å². The van der Waals surface area contributed by atoms with Gasteiger partial charge >= 0.3 is 4.71 Å². The molecule has 8 rings (SSSR count). The van der Waals surface area contributed by atoms with E-state index in [1.807, 2.05) is 70.4 Å². The number of anilines is 3. The molecule has 64 heavy (non-hydrogen) atoms. The normalized spacial score (nSPS) is 15.4. The summed E-state index contributed by atoms with van der Waals surface area (Å²) in [7, 11) is -10.5. The van der Waals surface area contributed by atoms with Gasteiger partial charge in [0.1, 0.15) is 11.3 Å². The zero-order chi connectivity index (χ0) is 45.1. The maximum Gasteiger partial charge on any atom is 0.427 e. The van der Waals surface area contributed by atoms with Crippen molar-refractivity contribution < 1.29 is 39.9 Å². The number of hydrogen-bond donors (Lipinski definition) is 3. The highest BCUT2D eigenvalue weighted by Crippen LogP contribution is 2.38. The van der Waals surface area contributed by atoms with Gasteiger partial charge < -0.3 is 24.7 Å². The molecule has 0 unspecified atom stereocenters. The Hall–Kier alpha value is -5.16. The molecule has 336 valence electrons. The van der Waals surface area contributed by atoms with E-state index in [0.717, 1.165) is 39.5 Å². The van der Waals surface area contributed by atoms with E-state index in [9.17, 15) is 35.2 Å². The average molecular weight is 972 g/mol. The fraction of sp³-hybridized carbons (Fsp3) is 0.286. The Morgan fingerprint density at radius 2 is 1.72 bits per heavy atom. The highest BCUT2D eigenvalue weighted by molar-refractivity contribution is 7.99. The number of fused-ring (bicyclic) bond motifs is 2. The first-order valence-corrected chi connectivity index (χ1v) is 25.2. The van der Waals surface area contributed by atoms with Crippen LogP contribution in [0.3, 0.4) is 0 Å². The largest absolute Gasteiger partial charge is 0.427 e. The van der Waals surface area contributed by atoms with Crippen LogP contribution in [0.2, 0.25) is 0 Å². The van der Waals surface area contributed by atoms with E-state index in [2.05, 4.69) is 25.5 Å². The van der Waals surface area contributed by atoms with Crippen molar-refractivity contribution in [3.63, 3.8) is 0 Å². The minimum absolute atomic E-state index is 0.260. The van der Waals surface area contributed by atoms with Crippen molar-refractivity contribution in [2.75, 3.05) is 60.7 Å². The van der Waals surface area contributed by atoms with E-state index < -0.39 is 46.3 Å². The smallest absolute Gasteiger partial charge is 0.380 e. The summed E-state index contributed by atoms with van der Waals surface area (Å²) >= 11 is 7.70. The quantitative estimate of drug-likeness (QED) is 0.0699. The second kappa shape index (κ2) is 19.1. The second-order valence-corrected chi connectivity index (χ2v) is 21.2. The highest BCUT2D eigenvalue weighted by Gasteiger charge is 2.46. The Kier molecular flexibility index (Phi) is 13.6. The molecule has 1 atom stereocenters. The lowest BCUT2D eigenvalue weighted by molar-refractivity contribution is 0.0370. The summed E-state index contributed by atoms with van der Waals surface area (Å²) in [5, 5.41) is 7.68. The number of amides is 2. The van der Waals surface area contributed by atoms with Gasteiger partial charge in [0, 0.05) is 66.6 Å². The molecule has 0 bridgehead atoms. The number of nitrogens with zero attached hydrogens (tertiary/aromatic N) is 5. The fourth-order valence-electron chi connectivity index (χ4n) is 7.31. The number of halogens is 3. The van der Waals surface area contributed by atoms with Crippen LogP contribution in [0.4, 0.5) is 25.4 Å². The van der Waals surface area contributed by atoms with Crippen LogP contribution in [0.15, 0.2) is 117 Å². The predicted octanol–water partition coefficient (Wildman–Crippen LogP) is 6.58. The number of ether oxygens (including phenoxy) is 1. The third kappa shape index (κ3) is 10.4. The van der Waals surface area contributed by atoms with Crippen molar-refractivity contribution in [1.82, 2.24) is 24.0 Å². The minimum atomic E-state index is -5.67. The van der Waals surface area contributed by atoms with Crippen LogP contribution in [0, 0.1) is 0 Å². The number of thiazole rings is 1. The van der Waals surface area contributed by atoms with E-state index in [1.165, 1.54) is 17.1 Å². The minimum Gasteiger partial charge on any atom is -0.380 e. The van der Waals surface area contributed by atoms with Crippen molar-refractivity contribution in [3.8, 4) is 0 Å². The number of imidazole rings is 1. The molecule has 2 aliphatic rings. The number of rotatable bonds is 16. The van der Waals surface area contributed by atoms with Crippen LogP contribution in [-0.2, 0) is 37.6 Å². The van der Waals surface area contributed by atoms with Crippen molar-refractivity contribution in [2.45, 2.75) is 44.8 Å². The second-order valence-electron chi connectivity index (χ2n) is 14.9. The number of nitrogens with one attached hydrogen (secondary N) is 3. The molecule has 0 aliphatic carbocycles. The molecule has 2 aliphatic heterocycles. The Balaban J connectivity index is 0.984. The van der Waals surface area contributed by atoms with Gasteiger partial charge in [-0.2, -0.15) is 8.78 Å². The van der Waals surface area contributed by atoms with Gasteiger partial charge in [0.15, 0.2) is 10.9 Å². The van der Waals surface area contributed by atoms with E-state index in [1.54, 1.807) is 22.7 Å². The molecule has 15 nitrogen and oxygen atoms in total. The number of hydrogen-bond acceptors (Lipinski definition) is 14. The fourth-order valence-corrected chi connectivity index (χ4v) is 11.4. The molecule has 0 saturated carbocycles. The zero-order valence-electron chi connectivity index (χ0n) is 33.8. The summed E-state index contributed by atoms with van der Waals surface area (Å²) < 4.78 is 87.5. The Labute approximate surface area is 381 Å². The molecule has 1 fully saturated rings. The van der Waals surface area contributed by atoms with Gasteiger partial charge in [-0.1, -0.05) is 36.4 Å². The predicted molar refractivity (Wildman–Crippen MR) is 242 cm³/mol. The van der Waals surface area contributed by atoms with Crippen LogP contribution in [0.25, 0.3) is 5.65 Å². The van der Waals surface area contributed by atoms with Crippen molar-refractivity contribution >= 4 is 88.7 Å². The number of alkyl halides is 3. The first-order chi connectivity index (χ1) is 30.6. The summed E-state index contributed by atoms with van der Waals surface area (Å²) in [5.74, 6) is -0.706. The molecule has 0 radical (unpaired) electrons. The van der Waals surface area contributed by atoms with Crippen molar-refractivity contribution in [1.29, 1.82) is 0 Å². The molecular formula is C42H41ClF2N8O7S4. The summed E-state index contributed by atoms with van der Waals surface area (Å²) in [6, 6.07) is 22.6. The van der Waals surface area contributed by atoms with E-state index in [0.29, 0.717) is 86.2 Å². The monoisotopic (exact) mass is 970 g/mol. The SMILES string of the molecule is O=C(NS(=O)(=O)c1ccc(N[C@H](CCN2CCOCC2)CSc2ccccc2)c(S(=O)(=O)C(F)(F)Cl)c1)c1csc(N2CCc3cccc(C(=O)Nc4cn5ccccc5n4)c3C2)n1. The van der Waals surface area contributed by atoms with Crippen LogP contribution in [-0.4, -0.2) is 104 Å². The molecule has 3 aromatic carbocycles. The number of thioether (sulfide) groups is 1. The maximum absolute atomic E-state index is 14.6. The van der Waals surface area contributed by atoms with Gasteiger partial charge in [0.2, 0.25) is 0 Å². The number of pyridine rings is 1. The van der Waals surface area contributed by atoms with Crippen molar-refractivity contribution in [3.05, 3.63) is 125 Å². The number of benzene rings is 3. The van der Waals surface area contributed by atoms with Crippen LogP contribution < -0.4 is 20.3 Å². The van der Waals surface area contributed by atoms with Crippen LogP contribution in [0.5, 0.6) is 0 Å². The van der Waals surface area contributed by atoms with Crippen LogP contribution >= 0.6 is 34.7 Å². The number of aromatic nitrogens is 3. The molecular weight excluding hydrogens is 930 g/mol. The van der Waals surface area contributed by atoms with E-state index in [4.69, 9.17) is 16.3 Å². The van der Waals surface area contributed by atoms with Gasteiger partial charge in [-0.25, -0.2) is 31.5 Å². The third-order valence-electron chi connectivity index (χ3n) is 10.7. The number of carbonyl (C=O) groups excluding carboxylic acids is 2. The summed E-state index contributed by atoms with van der Waals surface area (Å²) in [4.78, 5) is 38.9. The first-order valence-electron chi connectivity index (χ1n) is 20.0.